The van der Waals surface area contributed by atoms with Gasteiger partial charge in [-0.25, -0.2) is 9.55 Å². The number of nitrogens with one attached hydrogen (secondary N) is 2. The zero-order chi connectivity index (χ0) is 26.9. The Hall–Kier alpha value is -3.22. The molecule has 0 radical (unpaired) electrons. The largest absolute Gasteiger partial charge is 0.468 e. The van der Waals surface area contributed by atoms with E-state index < -0.39 is 43.4 Å². The number of fused-ring (bicyclic) bond motifs is 1. The van der Waals surface area contributed by atoms with Crippen LogP contribution in [-0.2, 0) is 18.6 Å². The lowest BCUT2D eigenvalue weighted by Crippen LogP contribution is -2.35. The van der Waals surface area contributed by atoms with E-state index in [2.05, 4.69) is 26.6 Å². The summed E-state index contributed by atoms with van der Waals surface area (Å²) in [7, 11) is -2.96. The standard InChI is InChI=1S/C22H26ClN6O7P/c1-11-15(17(30)8-16(11)29-10-25-18-19(29)26-22(24)27-20(18)31)9-35-37(33,28-12(2)21(32)34-3)36-14-6-4-13(23)5-7-14/h4-7,10,12,15-17,30H,1,8-9H2,2-3H3,(H,28,33)(H3,24,26,27,31)/t12?,15-,16-,17-,37-/m0/s1. The highest BCUT2D eigenvalue weighted by Crippen LogP contribution is 2.48. The van der Waals surface area contributed by atoms with Gasteiger partial charge in [0.05, 0.1) is 32.2 Å². The first kappa shape index (κ1) is 26.8. The van der Waals surface area contributed by atoms with Crippen LogP contribution in [-0.4, -0.2) is 56.5 Å². The molecule has 37 heavy (non-hydrogen) atoms. The van der Waals surface area contributed by atoms with Crippen LogP contribution in [0, 0.1) is 5.92 Å². The lowest BCUT2D eigenvalue weighted by molar-refractivity contribution is -0.142. The molecular weight excluding hydrogens is 527 g/mol. The minimum atomic E-state index is -4.16. The van der Waals surface area contributed by atoms with E-state index in [1.807, 2.05) is 0 Å². The number of nitrogens with two attached hydrogens (primary N) is 1. The number of aromatic nitrogens is 4. The first-order valence-electron chi connectivity index (χ1n) is 11.2. The number of imidazole rings is 1. The highest BCUT2D eigenvalue weighted by atomic mass is 35.5. The number of aliphatic hydroxyl groups excluding tert-OH is 1. The van der Waals surface area contributed by atoms with Crippen molar-refractivity contribution >= 4 is 42.4 Å². The number of hydrogen-bond acceptors (Lipinski definition) is 10. The first-order chi connectivity index (χ1) is 17.5. The van der Waals surface area contributed by atoms with E-state index in [1.165, 1.54) is 32.5 Å². The molecule has 1 fully saturated rings. The molecule has 15 heteroatoms. The van der Waals surface area contributed by atoms with E-state index in [0.29, 0.717) is 10.6 Å². The fraction of sp³-hybridized carbons (Fsp3) is 0.364. The van der Waals surface area contributed by atoms with Gasteiger partial charge >= 0.3 is 13.7 Å². The number of aliphatic hydroxyl groups is 1. The summed E-state index contributed by atoms with van der Waals surface area (Å²) >= 11 is 5.91. The van der Waals surface area contributed by atoms with Crippen molar-refractivity contribution in [3.05, 3.63) is 58.1 Å². The number of nitrogens with zero attached hydrogens (tertiary/aromatic N) is 3. The number of rotatable bonds is 9. The quantitative estimate of drug-likeness (QED) is 0.173. The molecule has 0 bridgehead atoms. The lowest BCUT2D eigenvalue weighted by atomic mass is 10.0. The Morgan fingerprint density at radius 3 is 2.81 bits per heavy atom. The fourth-order valence-corrected chi connectivity index (χ4v) is 5.73. The Balaban J connectivity index is 1.55. The summed E-state index contributed by atoms with van der Waals surface area (Å²) in [4.78, 5) is 34.7. The van der Waals surface area contributed by atoms with Crippen molar-refractivity contribution in [2.45, 2.75) is 31.5 Å². The lowest BCUT2D eigenvalue weighted by Gasteiger charge is -2.25. The number of hydrogen-bond donors (Lipinski definition) is 4. The van der Waals surface area contributed by atoms with Crippen molar-refractivity contribution in [2.24, 2.45) is 5.92 Å². The van der Waals surface area contributed by atoms with Crippen LogP contribution in [0.1, 0.15) is 19.4 Å². The molecule has 198 valence electrons. The van der Waals surface area contributed by atoms with Gasteiger partial charge in [-0.15, -0.1) is 0 Å². The zero-order valence-electron chi connectivity index (χ0n) is 20.0. The van der Waals surface area contributed by atoms with E-state index in [0.717, 1.165) is 0 Å². The molecule has 0 aliphatic heterocycles. The predicted molar refractivity (Wildman–Crippen MR) is 135 cm³/mol. The van der Waals surface area contributed by atoms with E-state index in [9.17, 15) is 19.3 Å². The number of benzene rings is 1. The second-order valence-electron chi connectivity index (χ2n) is 8.49. The van der Waals surface area contributed by atoms with Gasteiger partial charge in [0.25, 0.3) is 5.56 Å². The molecule has 0 spiro atoms. The maximum Gasteiger partial charge on any atom is 0.459 e. The molecule has 3 aromatic rings. The molecule has 13 nitrogen and oxygen atoms in total. The van der Waals surface area contributed by atoms with Gasteiger partial charge in [0.15, 0.2) is 11.2 Å². The number of H-pyrrole nitrogens is 1. The summed E-state index contributed by atoms with van der Waals surface area (Å²) in [6.07, 6.45) is 0.698. The van der Waals surface area contributed by atoms with Crippen LogP contribution in [0.25, 0.3) is 11.2 Å². The molecular formula is C22H26ClN6O7P. The van der Waals surface area contributed by atoms with E-state index in [4.69, 9.17) is 31.1 Å². The molecule has 2 aromatic heterocycles. The molecule has 1 aliphatic rings. The minimum Gasteiger partial charge on any atom is -0.468 e. The molecule has 1 aromatic carbocycles. The van der Waals surface area contributed by atoms with Gasteiger partial charge in [-0.05, 0) is 43.2 Å². The van der Waals surface area contributed by atoms with Crippen LogP contribution in [0.4, 0.5) is 5.95 Å². The van der Waals surface area contributed by atoms with Crippen molar-refractivity contribution in [1.29, 1.82) is 0 Å². The zero-order valence-corrected chi connectivity index (χ0v) is 21.6. The average Bonchev–Trinajstić information content (AvgIpc) is 3.38. The number of aromatic amines is 1. The molecule has 1 aliphatic carbocycles. The van der Waals surface area contributed by atoms with E-state index in [-0.39, 0.29) is 35.9 Å². The third kappa shape index (κ3) is 5.71. The third-order valence-corrected chi connectivity index (χ3v) is 7.89. The number of methoxy groups -OCH3 is 1. The number of halogens is 1. The Kier molecular flexibility index (Phi) is 7.72. The van der Waals surface area contributed by atoms with Crippen molar-refractivity contribution < 1.29 is 28.3 Å². The summed E-state index contributed by atoms with van der Waals surface area (Å²) in [5.41, 5.74) is 6.07. The second-order valence-corrected chi connectivity index (χ2v) is 10.6. The Morgan fingerprint density at radius 2 is 2.14 bits per heavy atom. The monoisotopic (exact) mass is 552 g/mol. The van der Waals surface area contributed by atoms with Gasteiger partial charge in [-0.2, -0.15) is 10.1 Å². The number of nitrogen functional groups attached to an aromatic ring is 1. The van der Waals surface area contributed by atoms with Crippen LogP contribution >= 0.6 is 19.3 Å². The summed E-state index contributed by atoms with van der Waals surface area (Å²) < 4.78 is 31.2. The van der Waals surface area contributed by atoms with Crippen molar-refractivity contribution in [3.63, 3.8) is 0 Å². The number of carbonyl (C=O) groups excluding carboxylic acids is 1. The number of anilines is 1. The second kappa shape index (κ2) is 10.6. The maximum absolute atomic E-state index is 13.6. The molecule has 1 saturated carbocycles. The highest BCUT2D eigenvalue weighted by molar-refractivity contribution is 7.52. The third-order valence-electron chi connectivity index (χ3n) is 5.99. The van der Waals surface area contributed by atoms with Gasteiger partial charge < -0.3 is 24.7 Å². The smallest absolute Gasteiger partial charge is 0.459 e. The maximum atomic E-state index is 13.6. The summed E-state index contributed by atoms with van der Waals surface area (Å²) in [6, 6.07) is 4.55. The fourth-order valence-electron chi connectivity index (χ4n) is 4.09. The number of carbonyl (C=O) groups is 1. The highest BCUT2D eigenvalue weighted by Gasteiger charge is 2.41. The number of esters is 1. The van der Waals surface area contributed by atoms with E-state index in [1.54, 1.807) is 16.7 Å². The van der Waals surface area contributed by atoms with Crippen molar-refractivity contribution in [2.75, 3.05) is 19.5 Å². The average molecular weight is 553 g/mol. The van der Waals surface area contributed by atoms with Gasteiger partial charge in [0.2, 0.25) is 5.95 Å². The topological polar surface area (TPSA) is 184 Å². The molecule has 5 atom stereocenters. The molecule has 4 rings (SSSR count). The van der Waals surface area contributed by atoms with Gasteiger partial charge in [0.1, 0.15) is 11.8 Å². The van der Waals surface area contributed by atoms with Gasteiger partial charge in [-0.1, -0.05) is 18.2 Å². The summed E-state index contributed by atoms with van der Waals surface area (Å²) in [6.45, 7) is 5.28. The molecule has 0 amide bonds. The Morgan fingerprint density at radius 1 is 1.43 bits per heavy atom. The minimum absolute atomic E-state index is 0.0747. The number of ether oxygens (including phenoxy) is 1. The van der Waals surface area contributed by atoms with Crippen molar-refractivity contribution in [1.82, 2.24) is 24.6 Å². The first-order valence-corrected chi connectivity index (χ1v) is 13.1. The van der Waals surface area contributed by atoms with Crippen LogP contribution < -0.4 is 20.9 Å². The van der Waals surface area contributed by atoms with Gasteiger partial charge in [-0.3, -0.25) is 19.1 Å². The molecule has 0 saturated heterocycles. The van der Waals surface area contributed by atoms with Crippen LogP contribution in [0.5, 0.6) is 5.75 Å². The Labute approximate surface area is 216 Å². The summed E-state index contributed by atoms with van der Waals surface area (Å²) in [5, 5.41) is 13.8. The SMILES string of the molecule is C=C1[C@H](CO[P@@](=O)(NC(C)C(=O)OC)Oc2ccc(Cl)cc2)[C@@H](O)C[C@@H]1n1cnc2c(=O)[nH]c(N)nc21. The van der Waals surface area contributed by atoms with Gasteiger partial charge in [0, 0.05) is 10.9 Å². The van der Waals surface area contributed by atoms with Crippen molar-refractivity contribution in [3.8, 4) is 5.75 Å². The predicted octanol–water partition coefficient (Wildman–Crippen LogP) is 2.19. The van der Waals surface area contributed by atoms with Crippen LogP contribution in [0.3, 0.4) is 0 Å². The normalized spacial score (nSPS) is 22.1. The van der Waals surface area contributed by atoms with Crippen LogP contribution in [0.2, 0.25) is 5.02 Å². The summed E-state index contributed by atoms with van der Waals surface area (Å²) in [5.74, 6) is -1.24. The Bertz CT molecular complexity index is 1430. The van der Waals surface area contributed by atoms with E-state index >= 15 is 0 Å². The molecule has 1 unspecified atom stereocenters. The van der Waals surface area contributed by atoms with Crippen LogP contribution in [0.15, 0.2) is 47.5 Å². The molecule has 2 heterocycles. The molecule has 5 N–H and O–H groups in total.